The summed E-state index contributed by atoms with van der Waals surface area (Å²) in [5.74, 6) is 0. The van der Waals surface area contributed by atoms with Crippen molar-refractivity contribution in [1.82, 2.24) is 0 Å². The third kappa shape index (κ3) is 5.84. The van der Waals surface area contributed by atoms with E-state index in [0.717, 1.165) is 44.5 Å². The van der Waals surface area contributed by atoms with Crippen LogP contribution < -0.4 is 4.90 Å². The smallest absolute Gasteiger partial charge is 0.0645 e. The first kappa shape index (κ1) is 22.2. The van der Waals surface area contributed by atoms with Crippen LogP contribution in [0.25, 0.3) is 55.6 Å². The van der Waals surface area contributed by atoms with Crippen LogP contribution in [0.3, 0.4) is 0 Å². The summed E-state index contributed by atoms with van der Waals surface area (Å²) >= 11 is 0. The Bertz CT molecular complexity index is 2610. The maximum Gasteiger partial charge on any atom is 0.0645 e. The largest absolute Gasteiger partial charge is 0.309 e. The minimum atomic E-state index is -0.552. The van der Waals surface area contributed by atoms with Crippen molar-refractivity contribution in [3.05, 3.63) is 212 Å². The Labute approximate surface area is 300 Å². The summed E-state index contributed by atoms with van der Waals surface area (Å²) in [5, 5.41) is 0. The molecule has 0 aliphatic rings. The van der Waals surface area contributed by atoms with Gasteiger partial charge in [0.1, 0.15) is 0 Å². The molecule has 0 aromatic heterocycles. The SMILES string of the molecule is [3H]c1ccc(N(c2c([3H])c([3H])c([3H])c([3H])c2[3H])c2c(-c3ccccc3)c(-c3ccccc3)c(-c3ccccc3)c(-c3ccccc3)c2-c2ccccc2)c([3H])c1[3H]. The highest BCUT2D eigenvalue weighted by Crippen LogP contribution is 2.58. The Morgan fingerprint density at radius 3 is 1.02 bits per heavy atom. The minimum Gasteiger partial charge on any atom is -0.309 e. The normalized spacial score (nSPS) is 13.1. The predicted octanol–water partition coefficient (Wildman–Crippen LogP) is 13.5. The van der Waals surface area contributed by atoms with Crippen molar-refractivity contribution in [2.24, 2.45) is 0 Å². The Hall–Kier alpha value is -6.44. The first-order valence-corrected chi connectivity index (χ1v) is 16.1. The van der Waals surface area contributed by atoms with Gasteiger partial charge in [-0.25, -0.2) is 0 Å². The lowest BCUT2D eigenvalue weighted by molar-refractivity contribution is 1.28. The number of rotatable bonds is 8. The van der Waals surface area contributed by atoms with E-state index in [4.69, 9.17) is 6.85 Å². The van der Waals surface area contributed by atoms with Gasteiger partial charge in [0, 0.05) is 33.6 Å². The molecule has 0 radical (unpaired) electrons. The van der Waals surface area contributed by atoms with Crippen molar-refractivity contribution in [3.63, 3.8) is 0 Å². The summed E-state index contributed by atoms with van der Waals surface area (Å²) in [6, 6.07) is 49.1. The van der Waals surface area contributed by atoms with Crippen molar-refractivity contribution >= 4 is 17.1 Å². The lowest BCUT2D eigenvalue weighted by atomic mass is 9.77. The molecule has 0 aliphatic heterocycles. The first-order valence-electron chi connectivity index (χ1n) is 20.1. The molecule has 49 heavy (non-hydrogen) atoms. The molecule has 0 bridgehead atoms. The molecule has 8 aromatic rings. The zero-order chi connectivity index (χ0) is 39.8. The van der Waals surface area contributed by atoms with Crippen LogP contribution in [-0.4, -0.2) is 0 Å². The van der Waals surface area contributed by atoms with Gasteiger partial charge in [0.25, 0.3) is 0 Å². The van der Waals surface area contributed by atoms with Crippen LogP contribution in [0.15, 0.2) is 212 Å². The molecule has 0 N–H and O–H groups in total. The average Bonchev–Trinajstić information content (AvgIpc) is 3.26. The van der Waals surface area contributed by atoms with Gasteiger partial charge in [-0.2, -0.15) is 0 Å². The maximum absolute atomic E-state index is 9.43. The van der Waals surface area contributed by atoms with E-state index in [0.29, 0.717) is 16.8 Å². The van der Waals surface area contributed by atoms with Gasteiger partial charge in [-0.3, -0.25) is 0 Å². The highest BCUT2D eigenvalue weighted by molar-refractivity contribution is 6.16. The second kappa shape index (κ2) is 13.7. The van der Waals surface area contributed by atoms with Crippen LogP contribution in [-0.2, 0) is 0 Å². The van der Waals surface area contributed by atoms with Gasteiger partial charge in [-0.05, 0) is 57.6 Å². The number of anilines is 3. The molecule has 0 saturated heterocycles. The molecular formula is C48H35N. The Balaban J connectivity index is 1.76. The number of para-hydroxylation sites is 2. The standard InChI is InChI=1S/C48H35N/c1-8-22-36(23-9-1)43-44(37-24-10-2-11-25-37)46(39-28-14-4-15-29-39)48(49(41-32-18-6-19-33-41)42-34-20-7-21-35-42)47(40-30-16-5-17-31-40)45(43)38-26-12-3-13-27-38/h1-35H/i6T,7T,18T,19T,20T,32T,33T,34T. The highest BCUT2D eigenvalue weighted by atomic mass is 15.1. The maximum atomic E-state index is 9.43. The molecule has 232 valence electrons. The summed E-state index contributed by atoms with van der Waals surface area (Å²) in [7, 11) is 0. The van der Waals surface area contributed by atoms with E-state index in [1.165, 1.54) is 12.1 Å². The number of benzene rings is 8. The summed E-state index contributed by atoms with van der Waals surface area (Å²) in [4.78, 5) is 1.57. The van der Waals surface area contributed by atoms with Crippen molar-refractivity contribution in [1.29, 1.82) is 0 Å². The molecule has 8 aromatic carbocycles. The molecule has 0 saturated carbocycles. The fourth-order valence-electron chi connectivity index (χ4n) is 6.56. The first-order chi connectivity index (χ1) is 27.7. The Morgan fingerprint density at radius 2 is 0.612 bits per heavy atom. The fraction of sp³-hybridized carbons (Fsp3) is 0. The van der Waals surface area contributed by atoms with E-state index in [1.807, 2.05) is 140 Å². The molecule has 1 heteroatoms. The number of hydrogen-bond acceptors (Lipinski definition) is 1. The van der Waals surface area contributed by atoms with Crippen molar-refractivity contribution < 1.29 is 11.0 Å². The molecule has 0 unspecified atom stereocenters. The Morgan fingerprint density at radius 1 is 0.286 bits per heavy atom. The second-order valence-corrected chi connectivity index (χ2v) is 11.5. The lowest BCUT2D eigenvalue weighted by Crippen LogP contribution is -2.14. The minimum absolute atomic E-state index is 0.0781. The third-order valence-electron chi connectivity index (χ3n) is 8.55. The molecule has 1 nitrogen and oxygen atoms in total. The van der Waals surface area contributed by atoms with Gasteiger partial charge in [-0.1, -0.05) is 188 Å². The van der Waals surface area contributed by atoms with Crippen LogP contribution in [0.5, 0.6) is 0 Å². The third-order valence-corrected chi connectivity index (χ3v) is 8.55. The van der Waals surface area contributed by atoms with Crippen LogP contribution in [0.1, 0.15) is 11.0 Å². The van der Waals surface area contributed by atoms with Crippen molar-refractivity contribution in [2.75, 3.05) is 4.90 Å². The van der Waals surface area contributed by atoms with Gasteiger partial charge in [0.15, 0.2) is 0 Å². The van der Waals surface area contributed by atoms with Gasteiger partial charge in [-0.15, -0.1) is 0 Å². The summed E-state index contributed by atoms with van der Waals surface area (Å²) in [6.45, 7) is 0. The Kier molecular flexibility index (Phi) is 6.22. The van der Waals surface area contributed by atoms with Gasteiger partial charge >= 0.3 is 0 Å². The molecule has 0 amide bonds. The topological polar surface area (TPSA) is 3.24 Å². The second-order valence-electron chi connectivity index (χ2n) is 11.5. The summed E-state index contributed by atoms with van der Waals surface area (Å²) < 4.78 is 71.9. The van der Waals surface area contributed by atoms with Gasteiger partial charge < -0.3 is 4.90 Å². The highest BCUT2D eigenvalue weighted by Gasteiger charge is 2.31. The van der Waals surface area contributed by atoms with Gasteiger partial charge in [0.05, 0.1) is 16.7 Å². The summed E-state index contributed by atoms with van der Waals surface area (Å²) in [6.07, 6.45) is 0. The fourth-order valence-corrected chi connectivity index (χ4v) is 6.56. The van der Waals surface area contributed by atoms with Crippen LogP contribution >= 0.6 is 0 Å². The number of nitrogens with zero attached hydrogens (tertiary/aromatic N) is 1. The van der Waals surface area contributed by atoms with Crippen LogP contribution in [0.4, 0.5) is 17.1 Å². The molecule has 0 fully saturated rings. The van der Waals surface area contributed by atoms with E-state index in [2.05, 4.69) is 12.1 Å². The zero-order valence-corrected chi connectivity index (χ0v) is 26.5. The predicted molar refractivity (Wildman–Crippen MR) is 208 cm³/mol. The van der Waals surface area contributed by atoms with Crippen LogP contribution in [0.2, 0.25) is 0 Å². The molecule has 0 aliphatic carbocycles. The van der Waals surface area contributed by atoms with E-state index in [-0.39, 0.29) is 29.5 Å². The zero-order valence-electron chi connectivity index (χ0n) is 34.5. The van der Waals surface area contributed by atoms with E-state index in [1.54, 1.807) is 4.90 Å². The van der Waals surface area contributed by atoms with E-state index < -0.39 is 30.2 Å². The lowest BCUT2D eigenvalue weighted by Gasteiger charge is -2.35. The van der Waals surface area contributed by atoms with E-state index >= 15 is 0 Å². The molecule has 8 rings (SSSR count). The van der Waals surface area contributed by atoms with Crippen molar-refractivity contribution in [2.45, 2.75) is 0 Å². The quantitative estimate of drug-likeness (QED) is 0.160. The van der Waals surface area contributed by atoms with Gasteiger partial charge in [0.2, 0.25) is 0 Å². The summed E-state index contributed by atoms with van der Waals surface area (Å²) in [5.41, 5.74) is 8.41. The van der Waals surface area contributed by atoms with E-state index in [9.17, 15) is 4.11 Å². The van der Waals surface area contributed by atoms with Crippen molar-refractivity contribution in [3.8, 4) is 55.6 Å². The monoisotopic (exact) mass is 641 g/mol. The number of hydrogen-bond donors (Lipinski definition) is 0. The molecule has 0 heterocycles. The molecule has 0 atom stereocenters. The molecular weight excluding hydrogens is 591 g/mol. The average molecular weight is 642 g/mol. The molecule has 0 spiro atoms. The van der Waals surface area contributed by atoms with Crippen LogP contribution in [0, 0.1) is 0 Å².